The number of ether oxygens (including phenoxy) is 2. The summed E-state index contributed by atoms with van der Waals surface area (Å²) in [6.45, 7) is 0. The van der Waals surface area contributed by atoms with Crippen LogP contribution in [0.15, 0.2) is 36.4 Å². The Hall–Kier alpha value is -2.16. The van der Waals surface area contributed by atoms with Gasteiger partial charge in [-0.1, -0.05) is 18.2 Å². The smallest absolute Gasteiger partial charge is 0.128 e. The van der Waals surface area contributed by atoms with E-state index in [0.29, 0.717) is 0 Å². The molecule has 3 heteroatoms. The number of fused-ring (bicyclic) bond motifs is 2. The number of rotatable bonds is 2. The predicted molar refractivity (Wildman–Crippen MR) is 76.9 cm³/mol. The van der Waals surface area contributed by atoms with Crippen molar-refractivity contribution in [2.24, 2.45) is 0 Å². The predicted octanol–water partition coefficient (Wildman–Crippen LogP) is 3.38. The van der Waals surface area contributed by atoms with Crippen LogP contribution >= 0.6 is 0 Å². The summed E-state index contributed by atoms with van der Waals surface area (Å²) >= 11 is 0. The van der Waals surface area contributed by atoms with E-state index < -0.39 is 0 Å². The lowest BCUT2D eigenvalue weighted by Gasteiger charge is -2.31. The molecule has 0 aliphatic carbocycles. The van der Waals surface area contributed by atoms with Gasteiger partial charge in [-0.3, -0.25) is 0 Å². The fourth-order valence-electron chi connectivity index (χ4n) is 2.69. The number of nitrogens with zero attached hydrogens (tertiary/aromatic N) is 1. The van der Waals surface area contributed by atoms with Gasteiger partial charge in [0, 0.05) is 36.9 Å². The molecule has 1 aliphatic heterocycles. The van der Waals surface area contributed by atoms with E-state index in [-0.39, 0.29) is 0 Å². The third-order valence-electron chi connectivity index (χ3n) is 3.70. The summed E-state index contributed by atoms with van der Waals surface area (Å²) in [6, 6.07) is 12.5. The highest BCUT2D eigenvalue weighted by Gasteiger charge is 2.23. The normalized spacial score (nSPS) is 12.7. The average molecular weight is 255 g/mol. The van der Waals surface area contributed by atoms with Crippen LogP contribution in [0, 0.1) is 0 Å². The van der Waals surface area contributed by atoms with Gasteiger partial charge in [0.2, 0.25) is 0 Å². The van der Waals surface area contributed by atoms with Gasteiger partial charge in [-0.15, -0.1) is 0 Å². The molecule has 0 N–H and O–H groups in total. The third-order valence-corrected chi connectivity index (χ3v) is 3.70. The molecule has 1 heterocycles. The molecule has 2 aromatic rings. The summed E-state index contributed by atoms with van der Waals surface area (Å²) in [5.41, 5.74) is 4.92. The van der Waals surface area contributed by atoms with Gasteiger partial charge in [-0.25, -0.2) is 0 Å². The lowest BCUT2D eigenvalue weighted by molar-refractivity contribution is 0.391. The number of para-hydroxylation sites is 1. The summed E-state index contributed by atoms with van der Waals surface area (Å²) in [5, 5.41) is 0. The Balaban J connectivity index is 2.19. The van der Waals surface area contributed by atoms with Crippen LogP contribution in [0.4, 0.5) is 11.4 Å². The number of hydrogen-bond acceptors (Lipinski definition) is 3. The van der Waals surface area contributed by atoms with Crippen LogP contribution in [0.1, 0.15) is 11.1 Å². The van der Waals surface area contributed by atoms with Gasteiger partial charge in [-0.2, -0.15) is 0 Å². The summed E-state index contributed by atoms with van der Waals surface area (Å²) < 4.78 is 10.9. The van der Waals surface area contributed by atoms with Gasteiger partial charge in [0.1, 0.15) is 11.5 Å². The third kappa shape index (κ3) is 1.82. The Morgan fingerprint density at radius 3 is 2.53 bits per heavy atom. The highest BCUT2D eigenvalue weighted by Crippen LogP contribution is 2.43. The van der Waals surface area contributed by atoms with Crippen LogP contribution in [-0.4, -0.2) is 21.3 Å². The standard InChI is InChI=1S/C16H17NO2/c1-17-14-7-5-4-6-11(14)8-13-15(17)9-12(18-2)10-16(13)19-3/h4-7,9-10H,8H2,1-3H3. The van der Waals surface area contributed by atoms with Gasteiger partial charge in [0.25, 0.3) is 0 Å². The minimum absolute atomic E-state index is 0.821. The zero-order valence-electron chi connectivity index (χ0n) is 11.4. The largest absolute Gasteiger partial charge is 0.497 e. The van der Waals surface area contributed by atoms with Crippen molar-refractivity contribution in [2.75, 3.05) is 26.2 Å². The molecule has 2 aromatic carbocycles. The molecular weight excluding hydrogens is 238 g/mol. The second kappa shape index (κ2) is 4.50. The molecule has 0 bridgehead atoms. The molecule has 0 spiro atoms. The van der Waals surface area contributed by atoms with E-state index in [2.05, 4.69) is 42.3 Å². The minimum Gasteiger partial charge on any atom is -0.497 e. The van der Waals surface area contributed by atoms with Crippen LogP contribution < -0.4 is 14.4 Å². The maximum atomic E-state index is 5.51. The molecule has 0 saturated heterocycles. The van der Waals surface area contributed by atoms with Crippen molar-refractivity contribution >= 4 is 11.4 Å². The second-order valence-electron chi connectivity index (χ2n) is 4.69. The lowest BCUT2D eigenvalue weighted by atomic mass is 9.95. The average Bonchev–Trinajstić information content (AvgIpc) is 2.47. The van der Waals surface area contributed by atoms with Crippen molar-refractivity contribution in [2.45, 2.75) is 6.42 Å². The summed E-state index contributed by atoms with van der Waals surface area (Å²) in [7, 11) is 5.46. The van der Waals surface area contributed by atoms with E-state index in [4.69, 9.17) is 9.47 Å². The molecule has 0 unspecified atom stereocenters. The molecule has 98 valence electrons. The van der Waals surface area contributed by atoms with E-state index in [9.17, 15) is 0 Å². The molecule has 0 amide bonds. The SMILES string of the molecule is COc1cc(OC)c2c(c1)N(C)c1ccccc1C2. The maximum absolute atomic E-state index is 5.51. The Bertz CT molecular complexity index is 622. The van der Waals surface area contributed by atoms with Crippen molar-refractivity contribution < 1.29 is 9.47 Å². The number of methoxy groups -OCH3 is 2. The van der Waals surface area contributed by atoms with E-state index in [1.54, 1.807) is 14.2 Å². The number of anilines is 2. The Morgan fingerprint density at radius 2 is 1.79 bits per heavy atom. The molecule has 19 heavy (non-hydrogen) atoms. The molecule has 0 saturated carbocycles. The van der Waals surface area contributed by atoms with Gasteiger partial charge in [0.05, 0.1) is 19.9 Å². The first-order valence-electron chi connectivity index (χ1n) is 6.31. The van der Waals surface area contributed by atoms with Crippen molar-refractivity contribution in [3.8, 4) is 11.5 Å². The van der Waals surface area contributed by atoms with Crippen LogP contribution in [-0.2, 0) is 6.42 Å². The first-order valence-corrected chi connectivity index (χ1v) is 6.31. The fourth-order valence-corrected chi connectivity index (χ4v) is 2.69. The lowest BCUT2D eigenvalue weighted by Crippen LogP contribution is -2.19. The quantitative estimate of drug-likeness (QED) is 0.821. The Labute approximate surface area is 113 Å². The van der Waals surface area contributed by atoms with Crippen LogP contribution in [0.5, 0.6) is 11.5 Å². The molecule has 3 rings (SSSR count). The molecule has 3 nitrogen and oxygen atoms in total. The highest BCUT2D eigenvalue weighted by molar-refractivity contribution is 5.77. The van der Waals surface area contributed by atoms with E-state index >= 15 is 0 Å². The first kappa shape index (κ1) is 11.9. The molecule has 0 aromatic heterocycles. The fraction of sp³-hybridized carbons (Fsp3) is 0.250. The molecular formula is C16H17NO2. The highest BCUT2D eigenvalue weighted by atomic mass is 16.5. The van der Waals surface area contributed by atoms with Crippen molar-refractivity contribution in [3.05, 3.63) is 47.5 Å². The van der Waals surface area contributed by atoms with E-state index in [1.165, 1.54) is 16.8 Å². The van der Waals surface area contributed by atoms with Gasteiger partial charge >= 0.3 is 0 Å². The van der Waals surface area contributed by atoms with E-state index in [0.717, 1.165) is 23.6 Å². The zero-order chi connectivity index (χ0) is 13.4. The van der Waals surface area contributed by atoms with Crippen LogP contribution in [0.25, 0.3) is 0 Å². The summed E-state index contributed by atoms with van der Waals surface area (Å²) in [5.74, 6) is 1.71. The Kier molecular flexibility index (Phi) is 2.82. The summed E-state index contributed by atoms with van der Waals surface area (Å²) in [4.78, 5) is 2.19. The molecule has 1 aliphatic rings. The summed E-state index contributed by atoms with van der Waals surface area (Å²) in [6.07, 6.45) is 0.892. The number of hydrogen-bond donors (Lipinski definition) is 0. The van der Waals surface area contributed by atoms with Gasteiger partial charge in [-0.05, 0) is 11.6 Å². The number of benzene rings is 2. The minimum atomic E-state index is 0.821. The maximum Gasteiger partial charge on any atom is 0.128 e. The zero-order valence-corrected chi connectivity index (χ0v) is 11.4. The molecule has 0 radical (unpaired) electrons. The van der Waals surface area contributed by atoms with E-state index in [1.807, 2.05) is 6.07 Å². The topological polar surface area (TPSA) is 21.7 Å². The second-order valence-corrected chi connectivity index (χ2v) is 4.69. The first-order chi connectivity index (χ1) is 9.24. The monoisotopic (exact) mass is 255 g/mol. The Morgan fingerprint density at radius 1 is 1.00 bits per heavy atom. The molecule has 0 fully saturated rings. The van der Waals surface area contributed by atoms with Gasteiger partial charge in [0.15, 0.2) is 0 Å². The van der Waals surface area contributed by atoms with Crippen LogP contribution in [0.3, 0.4) is 0 Å². The van der Waals surface area contributed by atoms with Crippen molar-refractivity contribution in [1.82, 2.24) is 0 Å². The van der Waals surface area contributed by atoms with Crippen molar-refractivity contribution in [1.29, 1.82) is 0 Å². The van der Waals surface area contributed by atoms with Gasteiger partial charge < -0.3 is 14.4 Å². The van der Waals surface area contributed by atoms with Crippen molar-refractivity contribution in [3.63, 3.8) is 0 Å². The van der Waals surface area contributed by atoms with Crippen LogP contribution in [0.2, 0.25) is 0 Å². The molecule has 0 atom stereocenters.